The first-order valence-corrected chi connectivity index (χ1v) is 7.13. The Morgan fingerprint density at radius 1 is 1.21 bits per heavy atom. The predicted molar refractivity (Wildman–Crippen MR) is 67.5 cm³/mol. The molecule has 0 amide bonds. The molecule has 3 aliphatic carbocycles. The fraction of sp³-hybridized carbons (Fsp3) is 0.800. The van der Waals surface area contributed by atoms with Gasteiger partial charge in [-0.05, 0) is 30.8 Å². The van der Waals surface area contributed by atoms with E-state index in [1.807, 2.05) is 6.92 Å². The van der Waals surface area contributed by atoms with Crippen LogP contribution in [0.3, 0.4) is 0 Å². The summed E-state index contributed by atoms with van der Waals surface area (Å²) in [6.45, 7) is 5.51. The van der Waals surface area contributed by atoms with Gasteiger partial charge in [0.05, 0.1) is 13.2 Å². The topological polar surface area (TPSA) is 55.8 Å². The Kier molecular flexibility index (Phi) is 1.92. The molecule has 2 spiro atoms. The molecule has 3 fully saturated rings. The van der Waals surface area contributed by atoms with Crippen LogP contribution in [-0.2, 0) is 14.3 Å². The summed E-state index contributed by atoms with van der Waals surface area (Å²) in [5.41, 5.74) is -0.649. The van der Waals surface area contributed by atoms with Gasteiger partial charge in [-0.3, -0.25) is 4.79 Å². The molecule has 0 aromatic heterocycles. The lowest BCUT2D eigenvalue weighted by Gasteiger charge is -2.51. The van der Waals surface area contributed by atoms with Crippen molar-refractivity contribution in [3.8, 4) is 0 Å². The number of hydrogen-bond acceptors (Lipinski definition) is 4. The molecule has 4 heteroatoms. The standard InChI is InChI=1S/C15H20O4/c1-12-5-6-15(18-7-8-19-15)13(2)9-14(12,13)4-3-10(16)11(12)17/h3,16H,4-9H2,1-2H3/t12-,13?,14+/m1/s1. The molecular weight excluding hydrogens is 244 g/mol. The largest absolute Gasteiger partial charge is 0.505 e. The van der Waals surface area contributed by atoms with Gasteiger partial charge < -0.3 is 14.6 Å². The Bertz CT molecular complexity index is 504. The molecule has 0 aromatic rings. The van der Waals surface area contributed by atoms with Crippen molar-refractivity contribution >= 4 is 5.78 Å². The van der Waals surface area contributed by atoms with E-state index in [-0.39, 0.29) is 22.4 Å². The van der Waals surface area contributed by atoms with E-state index < -0.39 is 11.2 Å². The summed E-state index contributed by atoms with van der Waals surface area (Å²) >= 11 is 0. The number of ketones is 1. The maximum atomic E-state index is 12.5. The van der Waals surface area contributed by atoms with Gasteiger partial charge in [0.1, 0.15) is 0 Å². The fourth-order valence-corrected chi connectivity index (χ4v) is 5.21. The SMILES string of the molecule is CC12C[C@]13CC=C(O)C(=O)[C@@]3(C)CCC21OCCO1. The lowest BCUT2D eigenvalue weighted by Crippen LogP contribution is -2.55. The van der Waals surface area contributed by atoms with Crippen molar-refractivity contribution < 1.29 is 19.4 Å². The van der Waals surface area contributed by atoms with Crippen LogP contribution in [0.2, 0.25) is 0 Å². The van der Waals surface area contributed by atoms with Gasteiger partial charge >= 0.3 is 0 Å². The lowest BCUT2D eigenvalue weighted by atomic mass is 9.55. The minimum atomic E-state index is -0.492. The third-order valence-electron chi connectivity index (χ3n) is 6.57. The molecule has 19 heavy (non-hydrogen) atoms. The summed E-state index contributed by atoms with van der Waals surface area (Å²) in [6, 6.07) is 0. The van der Waals surface area contributed by atoms with E-state index >= 15 is 0 Å². The molecule has 3 atom stereocenters. The van der Waals surface area contributed by atoms with Crippen molar-refractivity contribution in [3.63, 3.8) is 0 Å². The van der Waals surface area contributed by atoms with Crippen LogP contribution >= 0.6 is 0 Å². The minimum absolute atomic E-state index is 0.0495. The number of ether oxygens (including phenoxy) is 2. The Hall–Kier alpha value is -0.870. The predicted octanol–water partition coefficient (Wildman–Crippen LogP) is 2.34. The lowest BCUT2D eigenvalue weighted by molar-refractivity contribution is -0.243. The Balaban J connectivity index is 1.83. The van der Waals surface area contributed by atoms with E-state index in [0.29, 0.717) is 13.2 Å². The number of hydrogen-bond donors (Lipinski definition) is 1. The van der Waals surface area contributed by atoms with Crippen LogP contribution < -0.4 is 0 Å². The van der Waals surface area contributed by atoms with Gasteiger partial charge in [-0.25, -0.2) is 0 Å². The summed E-state index contributed by atoms with van der Waals surface area (Å²) in [5, 5.41) is 9.80. The molecule has 1 aliphatic heterocycles. The van der Waals surface area contributed by atoms with Crippen molar-refractivity contribution in [2.75, 3.05) is 13.2 Å². The normalized spacial score (nSPS) is 50.6. The van der Waals surface area contributed by atoms with Crippen LogP contribution in [0.5, 0.6) is 0 Å². The number of Topliss-reactive ketones (excluding diaryl/α,β-unsaturated/α-hetero) is 1. The second-order valence-corrected chi connectivity index (χ2v) is 7.00. The van der Waals surface area contributed by atoms with Gasteiger partial charge in [-0.15, -0.1) is 0 Å². The molecule has 104 valence electrons. The smallest absolute Gasteiger partial charge is 0.203 e. The van der Waals surface area contributed by atoms with Gasteiger partial charge in [0, 0.05) is 17.3 Å². The van der Waals surface area contributed by atoms with Crippen LogP contribution in [0.15, 0.2) is 11.8 Å². The summed E-state index contributed by atoms with van der Waals surface area (Å²) < 4.78 is 11.9. The number of fused-ring (bicyclic) bond motifs is 1. The average molecular weight is 264 g/mol. The monoisotopic (exact) mass is 264 g/mol. The Labute approximate surface area is 112 Å². The zero-order valence-electron chi connectivity index (χ0n) is 11.5. The molecule has 4 nitrogen and oxygen atoms in total. The molecule has 1 saturated heterocycles. The van der Waals surface area contributed by atoms with Gasteiger partial charge in [0.25, 0.3) is 0 Å². The maximum Gasteiger partial charge on any atom is 0.203 e. The van der Waals surface area contributed by atoms with Crippen LogP contribution in [0.25, 0.3) is 0 Å². The van der Waals surface area contributed by atoms with Gasteiger partial charge in [0.2, 0.25) is 5.78 Å². The highest BCUT2D eigenvalue weighted by Gasteiger charge is 2.84. The van der Waals surface area contributed by atoms with Crippen molar-refractivity contribution in [3.05, 3.63) is 11.8 Å². The van der Waals surface area contributed by atoms with Gasteiger partial charge in [0.15, 0.2) is 11.5 Å². The number of rotatable bonds is 0. The number of aliphatic hydroxyl groups excluding tert-OH is 1. The molecule has 0 bridgehead atoms. The van der Waals surface area contributed by atoms with E-state index in [0.717, 1.165) is 25.7 Å². The van der Waals surface area contributed by atoms with Gasteiger partial charge in [-0.2, -0.15) is 0 Å². The molecule has 1 N–H and O–H groups in total. The third kappa shape index (κ3) is 1.02. The number of allylic oxidation sites excluding steroid dienone is 2. The fourth-order valence-electron chi connectivity index (χ4n) is 5.21. The van der Waals surface area contributed by atoms with Crippen LogP contribution in [0.4, 0.5) is 0 Å². The molecule has 1 heterocycles. The second kappa shape index (κ2) is 3.07. The van der Waals surface area contributed by atoms with E-state index in [2.05, 4.69) is 6.92 Å². The van der Waals surface area contributed by atoms with Crippen LogP contribution in [-0.4, -0.2) is 29.9 Å². The van der Waals surface area contributed by atoms with Crippen LogP contribution in [0.1, 0.15) is 39.5 Å². The highest BCUT2D eigenvalue weighted by Crippen LogP contribution is 2.83. The third-order valence-corrected chi connectivity index (χ3v) is 6.57. The van der Waals surface area contributed by atoms with Gasteiger partial charge in [-0.1, -0.05) is 13.8 Å². The van der Waals surface area contributed by atoms with E-state index in [9.17, 15) is 9.90 Å². The van der Waals surface area contributed by atoms with Crippen molar-refractivity contribution in [1.29, 1.82) is 0 Å². The zero-order chi connectivity index (χ0) is 13.5. The van der Waals surface area contributed by atoms with Crippen LogP contribution in [0, 0.1) is 16.2 Å². The van der Waals surface area contributed by atoms with Crippen molar-refractivity contribution in [1.82, 2.24) is 0 Å². The minimum Gasteiger partial charge on any atom is -0.505 e. The molecule has 0 radical (unpaired) electrons. The zero-order valence-corrected chi connectivity index (χ0v) is 11.5. The first kappa shape index (κ1) is 11.9. The highest BCUT2D eigenvalue weighted by molar-refractivity contribution is 6.00. The summed E-state index contributed by atoms with van der Waals surface area (Å²) in [7, 11) is 0. The second-order valence-electron chi connectivity index (χ2n) is 7.00. The first-order chi connectivity index (χ1) is 8.91. The van der Waals surface area contributed by atoms with E-state index in [1.165, 1.54) is 0 Å². The van der Waals surface area contributed by atoms with Crippen molar-refractivity contribution in [2.24, 2.45) is 16.2 Å². The first-order valence-electron chi connectivity index (χ1n) is 7.13. The number of carbonyl (C=O) groups is 1. The summed E-state index contributed by atoms with van der Waals surface area (Å²) in [5.74, 6) is -0.630. The quantitative estimate of drug-likeness (QED) is 0.729. The highest BCUT2D eigenvalue weighted by atomic mass is 16.7. The van der Waals surface area contributed by atoms with Crippen molar-refractivity contribution in [2.45, 2.75) is 45.3 Å². The summed E-state index contributed by atoms with van der Waals surface area (Å²) in [4.78, 5) is 12.5. The van der Waals surface area contributed by atoms with E-state index in [4.69, 9.17) is 9.47 Å². The summed E-state index contributed by atoms with van der Waals surface area (Å²) in [6.07, 6.45) is 4.89. The molecule has 2 saturated carbocycles. The molecule has 1 unspecified atom stereocenters. The average Bonchev–Trinajstić information content (AvgIpc) is 2.81. The molecule has 4 rings (SSSR count). The Morgan fingerprint density at radius 2 is 1.89 bits per heavy atom. The molecular formula is C15H20O4. The number of aliphatic hydroxyl groups is 1. The maximum absolute atomic E-state index is 12.5. The number of carbonyl (C=O) groups excluding carboxylic acids is 1. The van der Waals surface area contributed by atoms with E-state index in [1.54, 1.807) is 6.08 Å². The molecule has 0 aromatic carbocycles. The molecule has 4 aliphatic rings. The Morgan fingerprint density at radius 3 is 2.58 bits per heavy atom.